The zero-order valence-corrected chi connectivity index (χ0v) is 19.7. The second-order valence-electron chi connectivity index (χ2n) is 8.48. The standard InChI is InChI=1S/C28H27N3O5/c32-25(30-24-16-8-7-15-23(24)26(33)20-10-3-1-4-11-20)19-36-27(34)21-12-9-17-31(18-21)28(35)29-22-13-5-2-6-14-22/h1-8,10-11,13-16,21H,9,12,17-19H2,(H,29,35)(H,30,32)/t21-/m0/s1. The number of piperidine rings is 1. The molecule has 0 spiro atoms. The Morgan fingerprint density at radius 1 is 0.833 bits per heavy atom. The van der Waals surface area contributed by atoms with Crippen LogP contribution in [-0.4, -0.2) is 48.3 Å². The number of ketones is 1. The van der Waals surface area contributed by atoms with Crippen LogP contribution in [0.3, 0.4) is 0 Å². The van der Waals surface area contributed by atoms with Gasteiger partial charge in [0.05, 0.1) is 11.6 Å². The average molecular weight is 486 g/mol. The monoisotopic (exact) mass is 485 g/mol. The topological polar surface area (TPSA) is 105 Å². The summed E-state index contributed by atoms with van der Waals surface area (Å²) < 4.78 is 5.25. The Labute approximate surface area is 209 Å². The molecule has 3 aromatic carbocycles. The molecule has 1 fully saturated rings. The molecule has 1 aliphatic rings. The average Bonchev–Trinajstić information content (AvgIpc) is 2.92. The second kappa shape index (κ2) is 11.8. The molecule has 184 valence electrons. The van der Waals surface area contributed by atoms with Crippen LogP contribution < -0.4 is 10.6 Å². The molecule has 4 rings (SSSR count). The largest absolute Gasteiger partial charge is 0.455 e. The van der Waals surface area contributed by atoms with Gasteiger partial charge in [-0.1, -0.05) is 60.7 Å². The highest BCUT2D eigenvalue weighted by Crippen LogP contribution is 2.21. The maximum Gasteiger partial charge on any atom is 0.321 e. The Kier molecular flexibility index (Phi) is 8.08. The van der Waals surface area contributed by atoms with Crippen molar-refractivity contribution in [3.63, 3.8) is 0 Å². The SMILES string of the molecule is O=C(COC(=O)[C@H]1CCCN(C(=O)Nc2ccccc2)C1)Nc1ccccc1C(=O)c1ccccc1. The predicted octanol–water partition coefficient (Wildman–Crippen LogP) is 4.34. The number of urea groups is 1. The fourth-order valence-corrected chi connectivity index (χ4v) is 4.05. The molecule has 1 saturated heterocycles. The molecule has 2 N–H and O–H groups in total. The fraction of sp³-hybridized carbons (Fsp3) is 0.214. The Hall–Kier alpha value is -4.46. The van der Waals surface area contributed by atoms with E-state index in [2.05, 4.69) is 10.6 Å². The maximum absolute atomic E-state index is 12.8. The van der Waals surface area contributed by atoms with Crippen molar-refractivity contribution in [1.29, 1.82) is 0 Å². The van der Waals surface area contributed by atoms with E-state index in [9.17, 15) is 19.2 Å². The third kappa shape index (κ3) is 6.35. The van der Waals surface area contributed by atoms with Crippen LogP contribution in [0, 0.1) is 5.92 Å². The number of amides is 3. The lowest BCUT2D eigenvalue weighted by Gasteiger charge is -2.31. The summed E-state index contributed by atoms with van der Waals surface area (Å²) in [6.45, 7) is 0.266. The van der Waals surface area contributed by atoms with Crippen LogP contribution in [0.5, 0.6) is 0 Å². The van der Waals surface area contributed by atoms with E-state index in [-0.39, 0.29) is 18.4 Å². The van der Waals surface area contributed by atoms with E-state index in [1.54, 1.807) is 65.6 Å². The minimum atomic E-state index is -0.550. The van der Waals surface area contributed by atoms with Gasteiger partial charge in [-0.2, -0.15) is 0 Å². The summed E-state index contributed by atoms with van der Waals surface area (Å²) in [7, 11) is 0. The van der Waals surface area contributed by atoms with Crippen molar-refractivity contribution in [2.24, 2.45) is 5.92 Å². The summed E-state index contributed by atoms with van der Waals surface area (Å²) in [6, 6.07) is 24.3. The first kappa shape index (κ1) is 24.7. The molecule has 0 radical (unpaired) electrons. The van der Waals surface area contributed by atoms with E-state index in [4.69, 9.17) is 4.74 Å². The van der Waals surface area contributed by atoms with Gasteiger partial charge in [0.25, 0.3) is 5.91 Å². The first-order valence-corrected chi connectivity index (χ1v) is 11.8. The van der Waals surface area contributed by atoms with Gasteiger partial charge in [-0.25, -0.2) is 4.79 Å². The number of carbonyl (C=O) groups excluding carboxylic acids is 4. The van der Waals surface area contributed by atoms with Crippen molar-refractivity contribution in [1.82, 2.24) is 4.90 Å². The van der Waals surface area contributed by atoms with E-state index >= 15 is 0 Å². The van der Waals surface area contributed by atoms with E-state index < -0.39 is 24.4 Å². The number of likely N-dealkylation sites (tertiary alicyclic amines) is 1. The predicted molar refractivity (Wildman–Crippen MR) is 136 cm³/mol. The molecule has 1 aliphatic heterocycles. The Balaban J connectivity index is 1.30. The van der Waals surface area contributed by atoms with E-state index in [1.807, 2.05) is 24.3 Å². The molecule has 1 heterocycles. The Morgan fingerprint density at radius 2 is 1.50 bits per heavy atom. The highest BCUT2D eigenvalue weighted by Gasteiger charge is 2.30. The van der Waals surface area contributed by atoms with Crippen LogP contribution in [0.2, 0.25) is 0 Å². The maximum atomic E-state index is 12.8. The van der Waals surface area contributed by atoms with E-state index in [1.165, 1.54) is 0 Å². The number of nitrogens with zero attached hydrogens (tertiary/aromatic N) is 1. The van der Waals surface area contributed by atoms with Gasteiger partial charge >= 0.3 is 12.0 Å². The molecule has 36 heavy (non-hydrogen) atoms. The van der Waals surface area contributed by atoms with Crippen LogP contribution in [0.25, 0.3) is 0 Å². The quantitative estimate of drug-likeness (QED) is 0.383. The van der Waals surface area contributed by atoms with Gasteiger partial charge in [0.15, 0.2) is 12.4 Å². The first-order chi connectivity index (χ1) is 17.5. The third-order valence-electron chi connectivity index (χ3n) is 5.89. The summed E-state index contributed by atoms with van der Waals surface area (Å²) in [4.78, 5) is 52.1. The van der Waals surface area contributed by atoms with Crippen molar-refractivity contribution in [3.8, 4) is 0 Å². The number of carbonyl (C=O) groups is 4. The van der Waals surface area contributed by atoms with Crippen molar-refractivity contribution < 1.29 is 23.9 Å². The highest BCUT2D eigenvalue weighted by molar-refractivity contribution is 6.13. The number of hydrogen-bond acceptors (Lipinski definition) is 5. The van der Waals surface area contributed by atoms with Gasteiger partial charge in [-0.05, 0) is 37.1 Å². The molecule has 0 aromatic heterocycles. The number of nitrogens with one attached hydrogen (secondary N) is 2. The number of hydrogen-bond donors (Lipinski definition) is 2. The van der Waals surface area contributed by atoms with E-state index in [0.717, 1.165) is 0 Å². The molecule has 0 aliphatic carbocycles. The molecule has 8 heteroatoms. The molecule has 8 nitrogen and oxygen atoms in total. The molecular formula is C28H27N3O5. The third-order valence-corrected chi connectivity index (χ3v) is 5.89. The number of anilines is 2. The first-order valence-electron chi connectivity index (χ1n) is 11.8. The summed E-state index contributed by atoms with van der Waals surface area (Å²) in [6.07, 6.45) is 1.23. The molecule has 3 aromatic rings. The van der Waals surface area contributed by atoms with Crippen molar-refractivity contribution in [3.05, 3.63) is 96.1 Å². The zero-order valence-electron chi connectivity index (χ0n) is 19.7. The Bertz CT molecular complexity index is 1230. The van der Waals surface area contributed by atoms with Crippen molar-refractivity contribution >= 4 is 35.1 Å². The number of benzene rings is 3. The van der Waals surface area contributed by atoms with Gasteiger partial charge in [-0.3, -0.25) is 14.4 Å². The summed E-state index contributed by atoms with van der Waals surface area (Å²) in [5.74, 6) is -1.82. The van der Waals surface area contributed by atoms with Crippen LogP contribution in [0.15, 0.2) is 84.9 Å². The molecule has 0 unspecified atom stereocenters. The van der Waals surface area contributed by atoms with Crippen LogP contribution >= 0.6 is 0 Å². The van der Waals surface area contributed by atoms with Crippen molar-refractivity contribution in [2.45, 2.75) is 12.8 Å². The van der Waals surface area contributed by atoms with Gasteiger partial charge < -0.3 is 20.3 Å². The minimum absolute atomic E-state index is 0.216. The summed E-state index contributed by atoms with van der Waals surface area (Å²) in [5, 5.41) is 5.48. The lowest BCUT2D eigenvalue weighted by Crippen LogP contribution is -2.45. The molecule has 1 atom stereocenters. The van der Waals surface area contributed by atoms with Crippen molar-refractivity contribution in [2.75, 3.05) is 30.3 Å². The lowest BCUT2D eigenvalue weighted by atomic mass is 9.98. The van der Waals surface area contributed by atoms with Gasteiger partial charge in [0, 0.05) is 29.9 Å². The highest BCUT2D eigenvalue weighted by atomic mass is 16.5. The second-order valence-corrected chi connectivity index (χ2v) is 8.48. The molecular weight excluding hydrogens is 458 g/mol. The summed E-state index contributed by atoms with van der Waals surface area (Å²) >= 11 is 0. The fourth-order valence-electron chi connectivity index (χ4n) is 4.05. The molecule has 0 bridgehead atoms. The normalized spacial score (nSPS) is 15.0. The smallest absolute Gasteiger partial charge is 0.321 e. The zero-order chi connectivity index (χ0) is 25.3. The van der Waals surface area contributed by atoms with Gasteiger partial charge in [-0.15, -0.1) is 0 Å². The summed E-state index contributed by atoms with van der Waals surface area (Å²) in [5.41, 5.74) is 1.86. The number of ether oxygens (including phenoxy) is 1. The van der Waals surface area contributed by atoms with Crippen LogP contribution in [0.4, 0.5) is 16.2 Å². The van der Waals surface area contributed by atoms with Crippen LogP contribution in [-0.2, 0) is 14.3 Å². The Morgan fingerprint density at radius 3 is 2.25 bits per heavy atom. The van der Waals surface area contributed by atoms with E-state index in [0.29, 0.717) is 41.9 Å². The number of esters is 1. The van der Waals surface area contributed by atoms with Gasteiger partial charge in [0.2, 0.25) is 0 Å². The van der Waals surface area contributed by atoms with Crippen LogP contribution in [0.1, 0.15) is 28.8 Å². The number of rotatable bonds is 7. The minimum Gasteiger partial charge on any atom is -0.455 e. The lowest BCUT2D eigenvalue weighted by molar-refractivity contribution is -0.152. The van der Waals surface area contributed by atoms with Gasteiger partial charge in [0.1, 0.15) is 0 Å². The number of para-hydroxylation sites is 2. The molecule has 3 amide bonds. The molecule has 0 saturated carbocycles.